The summed E-state index contributed by atoms with van der Waals surface area (Å²) in [5.41, 5.74) is 6.74. The zero-order valence-corrected chi connectivity index (χ0v) is 12.4. The van der Waals surface area contributed by atoms with E-state index >= 15 is 0 Å². The average molecular weight is 264 g/mol. The number of hydrogen-bond acceptors (Lipinski definition) is 3. The molecule has 0 saturated carbocycles. The normalized spacial score (nSPS) is 21.8. The van der Waals surface area contributed by atoms with Crippen LogP contribution in [0.5, 0.6) is 0 Å². The van der Waals surface area contributed by atoms with Crippen molar-refractivity contribution < 1.29 is 0 Å². The lowest BCUT2D eigenvalue weighted by Gasteiger charge is -2.20. The number of hydrogen-bond donors (Lipinski definition) is 1. The summed E-state index contributed by atoms with van der Waals surface area (Å²) in [4.78, 5) is 7.03. The van der Waals surface area contributed by atoms with Crippen molar-refractivity contribution in [2.24, 2.45) is 17.6 Å². The smallest absolute Gasteiger partial charge is 0.0950 e. The maximum Gasteiger partial charge on any atom is 0.0950 e. The fourth-order valence-electron chi connectivity index (χ4n) is 2.99. The van der Waals surface area contributed by atoms with E-state index in [1.807, 2.05) is 6.33 Å². The highest BCUT2D eigenvalue weighted by Crippen LogP contribution is 2.25. The predicted octanol–water partition coefficient (Wildman–Crippen LogP) is 2.10. The van der Waals surface area contributed by atoms with Crippen molar-refractivity contribution in [3.8, 4) is 0 Å². The maximum absolute atomic E-state index is 5.56. The summed E-state index contributed by atoms with van der Waals surface area (Å²) in [6.07, 6.45) is 8.08. The zero-order chi connectivity index (χ0) is 13.7. The van der Waals surface area contributed by atoms with Crippen molar-refractivity contribution in [1.82, 2.24) is 14.5 Å². The lowest BCUT2D eigenvalue weighted by molar-refractivity contribution is 0.262. The Bertz CT molecular complexity index is 372. The van der Waals surface area contributed by atoms with Crippen molar-refractivity contribution in [2.75, 3.05) is 19.6 Å². The second-order valence-corrected chi connectivity index (χ2v) is 6.10. The quantitative estimate of drug-likeness (QED) is 0.886. The third-order valence-electron chi connectivity index (χ3n) is 4.27. The van der Waals surface area contributed by atoms with E-state index in [1.165, 1.54) is 38.0 Å². The monoisotopic (exact) mass is 264 g/mol. The number of nitrogens with zero attached hydrogens (tertiary/aromatic N) is 3. The molecule has 1 fully saturated rings. The summed E-state index contributed by atoms with van der Waals surface area (Å²) in [5.74, 6) is 1.73. The van der Waals surface area contributed by atoms with Crippen LogP contribution in [0, 0.1) is 11.8 Å². The summed E-state index contributed by atoms with van der Waals surface area (Å²) in [5, 5.41) is 0. The number of aromatic nitrogens is 2. The third kappa shape index (κ3) is 4.32. The van der Waals surface area contributed by atoms with Crippen LogP contribution in [0.15, 0.2) is 12.5 Å². The number of likely N-dealkylation sites (tertiary alicyclic amines) is 1. The van der Waals surface area contributed by atoms with Crippen molar-refractivity contribution in [3.05, 3.63) is 18.2 Å². The second-order valence-electron chi connectivity index (χ2n) is 6.10. The van der Waals surface area contributed by atoms with Gasteiger partial charge in [0.15, 0.2) is 0 Å². The van der Waals surface area contributed by atoms with Gasteiger partial charge in [-0.2, -0.15) is 0 Å². The summed E-state index contributed by atoms with van der Waals surface area (Å²) in [6.45, 7) is 9.67. The molecule has 0 radical (unpaired) electrons. The molecule has 1 aromatic heterocycles. The van der Waals surface area contributed by atoms with Crippen molar-refractivity contribution in [2.45, 2.75) is 46.2 Å². The summed E-state index contributed by atoms with van der Waals surface area (Å²) < 4.78 is 2.09. The first-order chi connectivity index (χ1) is 9.19. The van der Waals surface area contributed by atoms with E-state index in [0.29, 0.717) is 6.54 Å². The Labute approximate surface area is 117 Å². The van der Waals surface area contributed by atoms with Gasteiger partial charge in [0, 0.05) is 25.8 Å². The van der Waals surface area contributed by atoms with Crippen LogP contribution in [0.1, 0.15) is 38.8 Å². The SMILES string of the molecule is CC(C)C1CCCN(Cc2cn(CCN)cn2)CC1. The van der Waals surface area contributed by atoms with Crippen molar-refractivity contribution in [3.63, 3.8) is 0 Å². The summed E-state index contributed by atoms with van der Waals surface area (Å²) in [7, 11) is 0. The van der Waals surface area contributed by atoms with Gasteiger partial charge in [-0.15, -0.1) is 0 Å². The number of nitrogens with two attached hydrogens (primary N) is 1. The fourth-order valence-corrected chi connectivity index (χ4v) is 2.99. The van der Waals surface area contributed by atoms with E-state index in [1.54, 1.807) is 0 Å². The molecule has 0 spiro atoms. The van der Waals surface area contributed by atoms with Crippen molar-refractivity contribution in [1.29, 1.82) is 0 Å². The van der Waals surface area contributed by atoms with Gasteiger partial charge in [-0.1, -0.05) is 13.8 Å². The number of rotatable bonds is 5. The molecule has 4 nitrogen and oxygen atoms in total. The van der Waals surface area contributed by atoms with Crippen LogP contribution in [0.25, 0.3) is 0 Å². The molecule has 2 rings (SSSR count). The lowest BCUT2D eigenvalue weighted by Crippen LogP contribution is -2.24. The van der Waals surface area contributed by atoms with Gasteiger partial charge in [-0.3, -0.25) is 4.90 Å². The van der Waals surface area contributed by atoms with E-state index in [0.717, 1.165) is 24.9 Å². The number of imidazole rings is 1. The molecule has 0 aliphatic carbocycles. The Morgan fingerprint density at radius 3 is 2.95 bits per heavy atom. The molecule has 108 valence electrons. The van der Waals surface area contributed by atoms with Gasteiger partial charge >= 0.3 is 0 Å². The first-order valence-corrected chi connectivity index (χ1v) is 7.62. The summed E-state index contributed by atoms with van der Waals surface area (Å²) >= 11 is 0. The van der Waals surface area contributed by atoms with Gasteiger partial charge in [0.05, 0.1) is 12.0 Å². The highest BCUT2D eigenvalue weighted by Gasteiger charge is 2.19. The average Bonchev–Trinajstić information content (AvgIpc) is 2.67. The van der Waals surface area contributed by atoms with Gasteiger partial charge in [-0.25, -0.2) is 4.98 Å². The van der Waals surface area contributed by atoms with Crippen molar-refractivity contribution >= 4 is 0 Å². The van der Waals surface area contributed by atoms with Gasteiger partial charge < -0.3 is 10.3 Å². The van der Waals surface area contributed by atoms with E-state index in [-0.39, 0.29) is 0 Å². The molecule has 4 heteroatoms. The Morgan fingerprint density at radius 1 is 1.37 bits per heavy atom. The molecule has 1 unspecified atom stereocenters. The molecule has 0 aromatic carbocycles. The first kappa shape index (κ1) is 14.5. The maximum atomic E-state index is 5.56. The minimum atomic E-state index is 0.676. The molecule has 1 saturated heterocycles. The highest BCUT2D eigenvalue weighted by molar-refractivity contribution is 4.97. The molecule has 1 atom stereocenters. The Kier molecular flexibility index (Phi) is 5.40. The molecule has 0 amide bonds. The highest BCUT2D eigenvalue weighted by atomic mass is 15.1. The Balaban J connectivity index is 1.85. The van der Waals surface area contributed by atoms with Crippen LogP contribution in [0.4, 0.5) is 0 Å². The first-order valence-electron chi connectivity index (χ1n) is 7.62. The molecule has 1 aromatic rings. The van der Waals surface area contributed by atoms with Crippen LogP contribution in [-0.4, -0.2) is 34.1 Å². The standard InChI is InChI=1S/C15H28N4/c1-13(2)14-4-3-7-18(8-5-14)10-15-11-19(9-6-16)12-17-15/h11-14H,3-10,16H2,1-2H3. The van der Waals surface area contributed by atoms with Crippen LogP contribution in [-0.2, 0) is 13.1 Å². The Morgan fingerprint density at radius 2 is 2.21 bits per heavy atom. The van der Waals surface area contributed by atoms with Gasteiger partial charge in [0.1, 0.15) is 0 Å². The third-order valence-corrected chi connectivity index (χ3v) is 4.27. The molecule has 1 aliphatic heterocycles. The van der Waals surface area contributed by atoms with E-state index in [2.05, 4.69) is 34.5 Å². The van der Waals surface area contributed by atoms with E-state index < -0.39 is 0 Å². The molecule has 0 bridgehead atoms. The largest absolute Gasteiger partial charge is 0.336 e. The second kappa shape index (κ2) is 7.06. The van der Waals surface area contributed by atoms with E-state index in [9.17, 15) is 0 Å². The van der Waals surface area contributed by atoms with Gasteiger partial charge in [0.2, 0.25) is 0 Å². The molecule has 2 heterocycles. The van der Waals surface area contributed by atoms with Crippen LogP contribution in [0.3, 0.4) is 0 Å². The van der Waals surface area contributed by atoms with E-state index in [4.69, 9.17) is 5.73 Å². The zero-order valence-electron chi connectivity index (χ0n) is 12.4. The lowest BCUT2D eigenvalue weighted by atomic mass is 9.89. The Hall–Kier alpha value is -0.870. The molecular formula is C15H28N4. The van der Waals surface area contributed by atoms with Crippen LogP contribution < -0.4 is 5.73 Å². The molecule has 1 aliphatic rings. The minimum Gasteiger partial charge on any atom is -0.336 e. The minimum absolute atomic E-state index is 0.676. The van der Waals surface area contributed by atoms with Crippen LogP contribution in [0.2, 0.25) is 0 Å². The van der Waals surface area contributed by atoms with Crippen LogP contribution >= 0.6 is 0 Å². The topological polar surface area (TPSA) is 47.1 Å². The molecule has 19 heavy (non-hydrogen) atoms. The fraction of sp³-hybridized carbons (Fsp3) is 0.800. The molecular weight excluding hydrogens is 236 g/mol. The van der Waals surface area contributed by atoms with Gasteiger partial charge in [-0.05, 0) is 44.2 Å². The van der Waals surface area contributed by atoms with Gasteiger partial charge in [0.25, 0.3) is 0 Å². The molecule has 2 N–H and O–H groups in total. The predicted molar refractivity (Wildman–Crippen MR) is 78.7 cm³/mol. The summed E-state index contributed by atoms with van der Waals surface area (Å²) in [6, 6.07) is 0.